The van der Waals surface area contributed by atoms with E-state index in [4.69, 9.17) is 4.74 Å². The lowest BCUT2D eigenvalue weighted by Crippen LogP contribution is -2.36. The zero-order chi connectivity index (χ0) is 16.7. The SMILES string of the molecule is CN=C(NCc1cccc(OC)c1)NCc1ccc(O)c(F)c1. The van der Waals surface area contributed by atoms with Crippen molar-refractivity contribution in [2.45, 2.75) is 13.1 Å². The van der Waals surface area contributed by atoms with Crippen LogP contribution in [0.4, 0.5) is 4.39 Å². The highest BCUT2D eigenvalue weighted by molar-refractivity contribution is 5.79. The average Bonchev–Trinajstić information content (AvgIpc) is 2.58. The van der Waals surface area contributed by atoms with Crippen LogP contribution in [0.15, 0.2) is 47.5 Å². The second kappa shape index (κ2) is 8.03. The molecular weight excluding hydrogens is 297 g/mol. The van der Waals surface area contributed by atoms with Crippen LogP contribution in [-0.4, -0.2) is 25.2 Å². The van der Waals surface area contributed by atoms with Gasteiger partial charge in [-0.05, 0) is 35.4 Å². The molecule has 122 valence electrons. The first-order valence-corrected chi connectivity index (χ1v) is 7.17. The summed E-state index contributed by atoms with van der Waals surface area (Å²) in [5, 5.41) is 15.4. The van der Waals surface area contributed by atoms with Crippen molar-refractivity contribution < 1.29 is 14.2 Å². The number of aromatic hydroxyl groups is 1. The minimum absolute atomic E-state index is 0.353. The van der Waals surface area contributed by atoms with E-state index in [1.54, 1.807) is 20.2 Å². The first kappa shape index (κ1) is 16.6. The Morgan fingerprint density at radius 1 is 1.13 bits per heavy atom. The van der Waals surface area contributed by atoms with E-state index in [0.717, 1.165) is 11.3 Å². The Bertz CT molecular complexity index is 689. The number of methoxy groups -OCH3 is 1. The van der Waals surface area contributed by atoms with Gasteiger partial charge < -0.3 is 20.5 Å². The summed E-state index contributed by atoms with van der Waals surface area (Å²) in [6.45, 7) is 0.982. The van der Waals surface area contributed by atoms with Gasteiger partial charge >= 0.3 is 0 Å². The number of halogens is 1. The predicted octanol–water partition coefficient (Wildman–Crippen LogP) is 2.41. The molecule has 5 nitrogen and oxygen atoms in total. The number of nitrogens with zero attached hydrogens (tertiary/aromatic N) is 1. The van der Waals surface area contributed by atoms with Crippen molar-refractivity contribution in [1.82, 2.24) is 10.6 Å². The molecule has 6 heteroatoms. The Balaban J connectivity index is 1.89. The molecule has 2 rings (SSSR count). The van der Waals surface area contributed by atoms with Crippen LogP contribution >= 0.6 is 0 Å². The van der Waals surface area contributed by atoms with E-state index >= 15 is 0 Å². The molecule has 0 aliphatic carbocycles. The summed E-state index contributed by atoms with van der Waals surface area (Å²) in [6, 6.07) is 12.0. The number of ether oxygens (including phenoxy) is 1. The van der Waals surface area contributed by atoms with Gasteiger partial charge in [0.1, 0.15) is 5.75 Å². The molecule has 2 aromatic rings. The van der Waals surface area contributed by atoms with Gasteiger partial charge in [0.2, 0.25) is 0 Å². The van der Waals surface area contributed by atoms with E-state index in [0.29, 0.717) is 24.6 Å². The Kier molecular flexibility index (Phi) is 5.80. The van der Waals surface area contributed by atoms with Crippen LogP contribution in [0.3, 0.4) is 0 Å². The monoisotopic (exact) mass is 317 g/mol. The summed E-state index contributed by atoms with van der Waals surface area (Å²) in [5.41, 5.74) is 1.77. The summed E-state index contributed by atoms with van der Waals surface area (Å²) < 4.78 is 18.5. The fourth-order valence-corrected chi connectivity index (χ4v) is 2.03. The third kappa shape index (κ3) is 4.88. The van der Waals surface area contributed by atoms with Gasteiger partial charge in [-0.1, -0.05) is 18.2 Å². The molecule has 0 unspecified atom stereocenters. The number of phenolic OH excluding ortho intramolecular Hbond substituents is 1. The number of benzene rings is 2. The molecule has 0 aromatic heterocycles. The summed E-state index contributed by atoms with van der Waals surface area (Å²) in [4.78, 5) is 4.12. The van der Waals surface area contributed by atoms with Crippen LogP contribution in [0, 0.1) is 5.82 Å². The molecule has 0 aliphatic heterocycles. The number of phenols is 1. The second-order valence-corrected chi connectivity index (χ2v) is 4.92. The molecule has 23 heavy (non-hydrogen) atoms. The first-order valence-electron chi connectivity index (χ1n) is 7.17. The van der Waals surface area contributed by atoms with Gasteiger partial charge in [0.15, 0.2) is 17.5 Å². The molecule has 0 radical (unpaired) electrons. The number of aliphatic imine (C=N–C) groups is 1. The molecular formula is C17H20FN3O2. The molecule has 0 bridgehead atoms. The van der Waals surface area contributed by atoms with Crippen LogP contribution in [0.25, 0.3) is 0 Å². The molecule has 0 saturated heterocycles. The normalized spacial score (nSPS) is 11.2. The average molecular weight is 317 g/mol. The fraction of sp³-hybridized carbons (Fsp3) is 0.235. The van der Waals surface area contributed by atoms with Crippen molar-refractivity contribution in [2.24, 2.45) is 4.99 Å². The number of hydrogen-bond donors (Lipinski definition) is 3. The van der Waals surface area contributed by atoms with Gasteiger partial charge in [-0.3, -0.25) is 4.99 Å². The van der Waals surface area contributed by atoms with E-state index in [9.17, 15) is 9.50 Å². The van der Waals surface area contributed by atoms with Gasteiger partial charge in [-0.15, -0.1) is 0 Å². The Morgan fingerprint density at radius 3 is 2.43 bits per heavy atom. The lowest BCUT2D eigenvalue weighted by atomic mass is 10.2. The lowest BCUT2D eigenvalue weighted by molar-refractivity contribution is 0.414. The van der Waals surface area contributed by atoms with Crippen LogP contribution in [0.1, 0.15) is 11.1 Å². The predicted molar refractivity (Wildman–Crippen MR) is 88.1 cm³/mol. The topological polar surface area (TPSA) is 65.9 Å². The Labute approximate surface area is 134 Å². The van der Waals surface area contributed by atoms with Crippen LogP contribution < -0.4 is 15.4 Å². The largest absolute Gasteiger partial charge is 0.505 e. The molecule has 0 heterocycles. The van der Waals surface area contributed by atoms with Crippen molar-refractivity contribution in [3.63, 3.8) is 0 Å². The van der Waals surface area contributed by atoms with Gasteiger partial charge in [-0.25, -0.2) is 4.39 Å². The Morgan fingerprint density at radius 2 is 1.83 bits per heavy atom. The summed E-state index contributed by atoms with van der Waals surface area (Å²) in [6.07, 6.45) is 0. The summed E-state index contributed by atoms with van der Waals surface area (Å²) in [7, 11) is 3.29. The molecule has 0 fully saturated rings. The fourth-order valence-electron chi connectivity index (χ4n) is 2.03. The number of rotatable bonds is 5. The molecule has 0 saturated carbocycles. The van der Waals surface area contributed by atoms with E-state index in [1.165, 1.54) is 12.1 Å². The maximum atomic E-state index is 13.3. The van der Waals surface area contributed by atoms with Crippen molar-refractivity contribution in [1.29, 1.82) is 0 Å². The van der Waals surface area contributed by atoms with E-state index in [2.05, 4.69) is 15.6 Å². The third-order valence-electron chi connectivity index (χ3n) is 3.29. The van der Waals surface area contributed by atoms with Crippen molar-refractivity contribution in [2.75, 3.05) is 14.2 Å². The maximum absolute atomic E-state index is 13.3. The van der Waals surface area contributed by atoms with Crippen molar-refractivity contribution in [3.05, 3.63) is 59.4 Å². The van der Waals surface area contributed by atoms with Gasteiger partial charge in [0, 0.05) is 20.1 Å². The van der Waals surface area contributed by atoms with Gasteiger partial charge in [0.25, 0.3) is 0 Å². The molecule has 0 atom stereocenters. The zero-order valence-corrected chi connectivity index (χ0v) is 13.1. The zero-order valence-electron chi connectivity index (χ0n) is 13.1. The van der Waals surface area contributed by atoms with E-state index in [1.807, 2.05) is 24.3 Å². The highest BCUT2D eigenvalue weighted by atomic mass is 19.1. The minimum atomic E-state index is -0.636. The van der Waals surface area contributed by atoms with Crippen LogP contribution in [0.2, 0.25) is 0 Å². The summed E-state index contributed by atoms with van der Waals surface area (Å²) in [5.74, 6) is 0.408. The Hall–Kier alpha value is -2.76. The van der Waals surface area contributed by atoms with E-state index < -0.39 is 5.82 Å². The molecule has 0 spiro atoms. The molecule has 3 N–H and O–H groups in total. The van der Waals surface area contributed by atoms with Crippen LogP contribution in [-0.2, 0) is 13.1 Å². The van der Waals surface area contributed by atoms with Crippen molar-refractivity contribution in [3.8, 4) is 11.5 Å². The standard InChI is InChI=1S/C17H20FN3O2/c1-19-17(20-10-12-4-3-5-14(8-12)23-2)21-11-13-6-7-16(22)15(18)9-13/h3-9,22H,10-11H2,1-2H3,(H2,19,20,21). The highest BCUT2D eigenvalue weighted by Crippen LogP contribution is 2.16. The molecule has 0 aliphatic rings. The minimum Gasteiger partial charge on any atom is -0.505 e. The lowest BCUT2D eigenvalue weighted by Gasteiger charge is -2.12. The van der Waals surface area contributed by atoms with Crippen LogP contribution in [0.5, 0.6) is 11.5 Å². The maximum Gasteiger partial charge on any atom is 0.191 e. The van der Waals surface area contributed by atoms with Gasteiger partial charge in [0.05, 0.1) is 7.11 Å². The van der Waals surface area contributed by atoms with E-state index in [-0.39, 0.29) is 5.75 Å². The quantitative estimate of drug-likeness (QED) is 0.585. The third-order valence-corrected chi connectivity index (χ3v) is 3.29. The van der Waals surface area contributed by atoms with Crippen molar-refractivity contribution >= 4 is 5.96 Å². The highest BCUT2D eigenvalue weighted by Gasteiger charge is 2.03. The first-order chi connectivity index (χ1) is 11.1. The number of guanidine groups is 1. The molecule has 2 aromatic carbocycles. The van der Waals surface area contributed by atoms with Gasteiger partial charge in [-0.2, -0.15) is 0 Å². The summed E-state index contributed by atoms with van der Waals surface area (Å²) >= 11 is 0. The molecule has 0 amide bonds. The second-order valence-electron chi connectivity index (χ2n) is 4.92. The smallest absolute Gasteiger partial charge is 0.191 e. The number of nitrogens with one attached hydrogen (secondary N) is 2. The number of hydrogen-bond acceptors (Lipinski definition) is 3.